The van der Waals surface area contributed by atoms with Gasteiger partial charge in [-0.15, -0.1) is 0 Å². The van der Waals surface area contributed by atoms with Gasteiger partial charge in [0.1, 0.15) is 10.2 Å². The van der Waals surface area contributed by atoms with Crippen molar-refractivity contribution in [2.24, 2.45) is 7.05 Å². The van der Waals surface area contributed by atoms with Crippen LogP contribution in [0.4, 0.5) is 5.69 Å². The van der Waals surface area contributed by atoms with Crippen molar-refractivity contribution in [3.63, 3.8) is 0 Å². The van der Waals surface area contributed by atoms with Gasteiger partial charge in [0.05, 0.1) is 5.69 Å². The maximum atomic E-state index is 11.5. The zero-order valence-corrected chi connectivity index (χ0v) is 10.2. The molecule has 0 bridgehead atoms. The number of hydrogen-bond acceptors (Lipinski definition) is 3. The molecule has 4 nitrogen and oxygen atoms in total. The van der Waals surface area contributed by atoms with E-state index < -0.39 is 0 Å². The Morgan fingerprint density at radius 3 is 2.56 bits per heavy atom. The first kappa shape index (κ1) is 10.9. The van der Waals surface area contributed by atoms with E-state index in [9.17, 15) is 4.79 Å². The van der Waals surface area contributed by atoms with Crippen LogP contribution < -0.4 is 11.3 Å². The van der Waals surface area contributed by atoms with Gasteiger partial charge in [0.15, 0.2) is 0 Å². The summed E-state index contributed by atoms with van der Waals surface area (Å²) >= 11 is 3.18. The normalized spacial score (nSPS) is 10.4. The van der Waals surface area contributed by atoms with E-state index in [4.69, 9.17) is 5.73 Å². The quantitative estimate of drug-likeness (QED) is 0.866. The highest BCUT2D eigenvalue weighted by atomic mass is 79.9. The second-order valence-corrected chi connectivity index (χ2v) is 4.16. The number of benzene rings is 1. The number of rotatable bonds is 1. The number of hydrogen-bond donors (Lipinski definition) is 1. The number of aryl methyl sites for hydroxylation is 1. The van der Waals surface area contributed by atoms with E-state index in [0.717, 1.165) is 5.56 Å². The Kier molecular flexibility index (Phi) is 2.78. The third-order valence-corrected chi connectivity index (χ3v) is 3.04. The van der Waals surface area contributed by atoms with Gasteiger partial charge >= 0.3 is 0 Å². The summed E-state index contributed by atoms with van der Waals surface area (Å²) in [6.45, 7) is 0. The van der Waals surface area contributed by atoms with Crippen LogP contribution >= 0.6 is 15.9 Å². The zero-order chi connectivity index (χ0) is 11.7. The molecule has 0 saturated heterocycles. The fraction of sp³-hybridized carbons (Fsp3) is 0.0909. The SMILES string of the molecule is Cn1nc(-c2ccccc2)c(N)c(Br)c1=O. The van der Waals surface area contributed by atoms with Crippen molar-refractivity contribution in [2.75, 3.05) is 5.73 Å². The van der Waals surface area contributed by atoms with Crippen LogP contribution in [0.15, 0.2) is 39.6 Å². The lowest BCUT2D eigenvalue weighted by molar-refractivity contribution is 0.709. The molecule has 0 radical (unpaired) electrons. The molecule has 0 amide bonds. The minimum atomic E-state index is -0.239. The van der Waals surface area contributed by atoms with Crippen LogP contribution in [0.1, 0.15) is 0 Å². The van der Waals surface area contributed by atoms with Gasteiger partial charge in [-0.2, -0.15) is 5.10 Å². The van der Waals surface area contributed by atoms with Gasteiger partial charge < -0.3 is 5.73 Å². The summed E-state index contributed by atoms with van der Waals surface area (Å²) in [5, 5.41) is 4.15. The van der Waals surface area contributed by atoms with Crippen molar-refractivity contribution in [3.05, 3.63) is 45.2 Å². The first-order chi connectivity index (χ1) is 7.61. The summed E-state index contributed by atoms with van der Waals surface area (Å²) in [5.74, 6) is 0. The number of nitrogens with two attached hydrogens (primary N) is 1. The predicted octanol–water partition coefficient (Wildman–Crippen LogP) is 1.79. The fourth-order valence-electron chi connectivity index (χ4n) is 1.42. The topological polar surface area (TPSA) is 60.9 Å². The van der Waals surface area contributed by atoms with Gasteiger partial charge in [-0.3, -0.25) is 4.79 Å². The molecule has 0 aliphatic carbocycles. The lowest BCUT2D eigenvalue weighted by Gasteiger charge is -2.08. The van der Waals surface area contributed by atoms with Crippen molar-refractivity contribution < 1.29 is 0 Å². The summed E-state index contributed by atoms with van der Waals surface area (Å²) in [7, 11) is 1.60. The van der Waals surface area contributed by atoms with E-state index >= 15 is 0 Å². The third-order valence-electron chi connectivity index (χ3n) is 2.27. The van der Waals surface area contributed by atoms with Crippen molar-refractivity contribution >= 4 is 21.6 Å². The number of nitrogens with zero attached hydrogens (tertiary/aromatic N) is 2. The van der Waals surface area contributed by atoms with Gasteiger partial charge in [-0.1, -0.05) is 30.3 Å². The first-order valence-corrected chi connectivity index (χ1v) is 5.48. The molecule has 2 rings (SSSR count). The largest absolute Gasteiger partial charge is 0.396 e. The van der Waals surface area contributed by atoms with Crippen LogP contribution in [-0.4, -0.2) is 9.78 Å². The van der Waals surface area contributed by atoms with E-state index in [0.29, 0.717) is 15.9 Å². The Bertz CT molecular complexity index is 578. The summed E-state index contributed by atoms with van der Waals surface area (Å²) in [5.41, 5.74) is 7.48. The highest BCUT2D eigenvalue weighted by Gasteiger charge is 2.12. The van der Waals surface area contributed by atoms with E-state index in [1.807, 2.05) is 30.3 Å². The Morgan fingerprint density at radius 1 is 1.31 bits per heavy atom. The summed E-state index contributed by atoms with van der Waals surface area (Å²) < 4.78 is 1.62. The molecular weight excluding hydrogens is 270 g/mol. The summed E-state index contributed by atoms with van der Waals surface area (Å²) in [4.78, 5) is 11.5. The lowest BCUT2D eigenvalue weighted by Crippen LogP contribution is -2.22. The molecule has 0 atom stereocenters. The Labute approximate surface area is 101 Å². The second kappa shape index (κ2) is 4.09. The fourth-order valence-corrected chi connectivity index (χ4v) is 1.86. The minimum Gasteiger partial charge on any atom is -0.396 e. The molecule has 82 valence electrons. The van der Waals surface area contributed by atoms with Crippen molar-refractivity contribution in [1.29, 1.82) is 0 Å². The first-order valence-electron chi connectivity index (χ1n) is 4.69. The van der Waals surface area contributed by atoms with Crippen LogP contribution in [0, 0.1) is 0 Å². The van der Waals surface area contributed by atoms with E-state index in [-0.39, 0.29) is 5.56 Å². The van der Waals surface area contributed by atoms with Crippen LogP contribution in [0.5, 0.6) is 0 Å². The summed E-state index contributed by atoms with van der Waals surface area (Å²) in [6.07, 6.45) is 0. The van der Waals surface area contributed by atoms with Crippen LogP contribution in [0.25, 0.3) is 11.3 Å². The van der Waals surface area contributed by atoms with E-state index in [2.05, 4.69) is 21.0 Å². The molecule has 1 aromatic carbocycles. The minimum absolute atomic E-state index is 0.239. The molecule has 0 unspecified atom stereocenters. The van der Waals surface area contributed by atoms with Gasteiger partial charge in [-0.05, 0) is 15.9 Å². The third kappa shape index (κ3) is 1.74. The molecule has 5 heteroatoms. The molecule has 0 fully saturated rings. The molecule has 0 aliphatic rings. The molecule has 16 heavy (non-hydrogen) atoms. The lowest BCUT2D eigenvalue weighted by atomic mass is 10.1. The van der Waals surface area contributed by atoms with E-state index in [1.165, 1.54) is 4.68 Å². The average molecular weight is 280 g/mol. The van der Waals surface area contributed by atoms with Crippen LogP contribution in [-0.2, 0) is 7.05 Å². The number of nitrogen functional groups attached to an aromatic ring is 1. The molecule has 2 aromatic rings. The zero-order valence-electron chi connectivity index (χ0n) is 8.64. The number of anilines is 1. The molecule has 0 spiro atoms. The van der Waals surface area contributed by atoms with Crippen molar-refractivity contribution in [3.8, 4) is 11.3 Å². The number of halogens is 1. The molecule has 1 aromatic heterocycles. The highest BCUT2D eigenvalue weighted by Crippen LogP contribution is 2.26. The van der Waals surface area contributed by atoms with Crippen LogP contribution in [0.3, 0.4) is 0 Å². The van der Waals surface area contributed by atoms with Gasteiger partial charge in [0.25, 0.3) is 5.56 Å². The molecule has 0 saturated carbocycles. The Morgan fingerprint density at radius 2 is 1.94 bits per heavy atom. The van der Waals surface area contributed by atoms with Gasteiger partial charge in [0, 0.05) is 12.6 Å². The average Bonchev–Trinajstić information content (AvgIpc) is 2.32. The van der Waals surface area contributed by atoms with E-state index in [1.54, 1.807) is 7.05 Å². The maximum Gasteiger partial charge on any atom is 0.282 e. The van der Waals surface area contributed by atoms with Crippen LogP contribution in [0.2, 0.25) is 0 Å². The Balaban J connectivity index is 2.73. The maximum absolute atomic E-state index is 11.5. The van der Waals surface area contributed by atoms with Crippen molar-refractivity contribution in [2.45, 2.75) is 0 Å². The monoisotopic (exact) mass is 279 g/mol. The molecule has 0 aliphatic heterocycles. The smallest absolute Gasteiger partial charge is 0.282 e. The molecule has 2 N–H and O–H groups in total. The van der Waals surface area contributed by atoms with Gasteiger partial charge in [-0.25, -0.2) is 4.68 Å². The number of aromatic nitrogens is 2. The second-order valence-electron chi connectivity index (χ2n) is 3.37. The molecule has 1 heterocycles. The predicted molar refractivity (Wildman–Crippen MR) is 67.0 cm³/mol. The summed E-state index contributed by atoms with van der Waals surface area (Å²) in [6, 6.07) is 9.51. The van der Waals surface area contributed by atoms with Crippen molar-refractivity contribution in [1.82, 2.24) is 9.78 Å². The van der Waals surface area contributed by atoms with Gasteiger partial charge in [0.2, 0.25) is 0 Å². The Hall–Kier alpha value is -1.62. The molecular formula is C11H10BrN3O. The highest BCUT2D eigenvalue weighted by molar-refractivity contribution is 9.10. The standard InChI is InChI=1S/C11H10BrN3O/c1-15-11(16)8(12)9(13)10(14-15)7-5-3-2-4-6-7/h2-6H,13H2,1H3.